The fourth-order valence-corrected chi connectivity index (χ4v) is 9.86. The van der Waals surface area contributed by atoms with Crippen LogP contribution in [0, 0.1) is 11.8 Å². The van der Waals surface area contributed by atoms with Gasteiger partial charge in [-0.1, -0.05) is 35.5 Å². The molecule has 59 heavy (non-hydrogen) atoms. The molecule has 2 saturated heterocycles. The van der Waals surface area contributed by atoms with Crippen molar-refractivity contribution in [3.8, 4) is 17.2 Å². The van der Waals surface area contributed by atoms with Crippen molar-refractivity contribution in [1.29, 1.82) is 0 Å². The third kappa shape index (κ3) is 7.09. The van der Waals surface area contributed by atoms with Crippen molar-refractivity contribution in [3.63, 3.8) is 0 Å². The SMILES string of the molecule is COC(=O)C(C)=CCC12OC(C)(C)C3CC(C=C4C(=O)c5c(OC(=O)CC(=O)N6CCN(C)CC6)c6c(c(CC=C(C)C)c5OC431)OC(C)(CCC=C(C)C)C=C6)C2=O. The Hall–Kier alpha value is -4.81. The highest BCUT2D eigenvalue weighted by molar-refractivity contribution is 6.19. The van der Waals surface area contributed by atoms with Gasteiger partial charge >= 0.3 is 11.9 Å². The quantitative estimate of drug-likeness (QED) is 0.0777. The molecule has 3 aliphatic carbocycles. The molecule has 1 saturated carbocycles. The molecule has 1 spiro atoms. The number of likely N-dealkylation sites (N-methyl/N-ethyl adjacent to an activating group) is 1. The number of hydrogen-bond acceptors (Lipinski definition) is 11. The van der Waals surface area contributed by atoms with E-state index in [0.717, 1.165) is 12.0 Å². The summed E-state index contributed by atoms with van der Waals surface area (Å²) in [5.41, 5.74) is -1.23. The summed E-state index contributed by atoms with van der Waals surface area (Å²) < 4.78 is 32.5. The smallest absolute Gasteiger partial charge is 0.333 e. The van der Waals surface area contributed by atoms with Crippen molar-refractivity contribution in [2.45, 2.75) is 116 Å². The van der Waals surface area contributed by atoms with Crippen molar-refractivity contribution in [1.82, 2.24) is 9.80 Å². The van der Waals surface area contributed by atoms with E-state index in [0.29, 0.717) is 62.3 Å². The van der Waals surface area contributed by atoms with E-state index in [-0.39, 0.29) is 46.3 Å². The van der Waals surface area contributed by atoms with Crippen molar-refractivity contribution >= 4 is 35.5 Å². The minimum atomic E-state index is -1.67. The first-order valence-corrected chi connectivity index (χ1v) is 20.8. The number of amides is 1. The first-order valence-electron chi connectivity index (χ1n) is 20.8. The van der Waals surface area contributed by atoms with Crippen LogP contribution < -0.4 is 14.2 Å². The van der Waals surface area contributed by atoms with Crippen LogP contribution in [0.4, 0.5) is 0 Å². The fraction of sp³-hybridized carbons (Fsp3) is 0.553. The summed E-state index contributed by atoms with van der Waals surface area (Å²) in [6, 6.07) is 0. The summed E-state index contributed by atoms with van der Waals surface area (Å²) in [5, 5.41) is 0. The van der Waals surface area contributed by atoms with Crippen molar-refractivity contribution < 1.29 is 47.7 Å². The van der Waals surface area contributed by atoms with Gasteiger partial charge in [-0.3, -0.25) is 19.2 Å². The maximum Gasteiger partial charge on any atom is 0.333 e. The van der Waals surface area contributed by atoms with Crippen LogP contribution in [0.25, 0.3) is 6.08 Å². The maximum absolute atomic E-state index is 15.6. The van der Waals surface area contributed by atoms with Crippen LogP contribution in [0.15, 0.2) is 52.7 Å². The molecule has 1 amide bonds. The number of allylic oxidation sites excluding steroid dienone is 5. The zero-order valence-corrected chi connectivity index (χ0v) is 36.2. The Morgan fingerprint density at radius 3 is 2.29 bits per heavy atom. The van der Waals surface area contributed by atoms with E-state index in [2.05, 4.69) is 11.0 Å². The lowest BCUT2D eigenvalue weighted by atomic mass is 9.51. The molecule has 4 heterocycles. The predicted octanol–water partition coefficient (Wildman–Crippen LogP) is 6.69. The van der Waals surface area contributed by atoms with Crippen LogP contribution in [0.5, 0.6) is 17.2 Å². The number of methoxy groups -OCH3 is 1. The Morgan fingerprint density at radius 2 is 1.63 bits per heavy atom. The number of benzene rings is 1. The van der Waals surface area contributed by atoms with Gasteiger partial charge in [0.25, 0.3) is 0 Å². The van der Waals surface area contributed by atoms with E-state index >= 15 is 4.79 Å². The van der Waals surface area contributed by atoms with Crippen molar-refractivity contribution in [2.75, 3.05) is 40.3 Å². The van der Waals surface area contributed by atoms with Crippen molar-refractivity contribution in [2.24, 2.45) is 11.8 Å². The van der Waals surface area contributed by atoms with Gasteiger partial charge in [-0.2, -0.15) is 0 Å². The number of carbonyl (C=O) groups excluding carboxylic acids is 5. The molecular weight excluding hydrogens is 753 g/mol. The van der Waals surface area contributed by atoms with Crippen LogP contribution in [-0.2, 0) is 35.1 Å². The number of carbonyl (C=O) groups is 5. The Labute approximate surface area is 347 Å². The molecule has 0 N–H and O–H groups in total. The van der Waals surface area contributed by atoms with Crippen LogP contribution >= 0.6 is 0 Å². The summed E-state index contributed by atoms with van der Waals surface area (Å²) in [6.45, 7) is 17.8. The van der Waals surface area contributed by atoms with Gasteiger partial charge in [-0.05, 0) is 100 Å². The lowest BCUT2D eigenvalue weighted by Gasteiger charge is -2.56. The molecule has 12 nitrogen and oxygen atoms in total. The van der Waals surface area contributed by atoms with Gasteiger partial charge in [0.05, 0.1) is 18.3 Å². The van der Waals surface area contributed by atoms with Crippen LogP contribution in [-0.4, -0.2) is 102 Å². The lowest BCUT2D eigenvalue weighted by Crippen LogP contribution is -2.72. The molecule has 5 atom stereocenters. The second kappa shape index (κ2) is 15.3. The minimum absolute atomic E-state index is 0.0354. The number of nitrogens with zero attached hydrogens (tertiary/aromatic N) is 2. The van der Waals surface area contributed by atoms with Crippen molar-refractivity contribution in [3.05, 3.63) is 69.4 Å². The van der Waals surface area contributed by atoms with E-state index in [1.165, 1.54) is 12.7 Å². The monoisotopic (exact) mass is 810 g/mol. The Kier molecular flexibility index (Phi) is 11.0. The van der Waals surface area contributed by atoms with Gasteiger partial charge in [-0.25, -0.2) is 4.79 Å². The second-order valence-electron chi connectivity index (χ2n) is 18.3. The molecule has 0 radical (unpaired) electrons. The highest BCUT2D eigenvalue weighted by Crippen LogP contribution is 2.68. The third-order valence-electron chi connectivity index (χ3n) is 13.0. The van der Waals surface area contributed by atoms with Gasteiger partial charge in [0, 0.05) is 61.1 Å². The van der Waals surface area contributed by atoms with Crippen LogP contribution in [0.2, 0.25) is 0 Å². The number of hydrogen-bond donors (Lipinski definition) is 0. The molecule has 12 heteroatoms. The first-order chi connectivity index (χ1) is 27.8. The van der Waals surface area contributed by atoms with Crippen LogP contribution in [0.1, 0.15) is 109 Å². The van der Waals surface area contributed by atoms with E-state index in [4.69, 9.17) is 23.7 Å². The molecule has 5 unspecified atom stereocenters. The predicted molar refractivity (Wildman–Crippen MR) is 221 cm³/mol. The van der Waals surface area contributed by atoms with Gasteiger partial charge in [-0.15, -0.1) is 0 Å². The van der Waals surface area contributed by atoms with E-state index in [9.17, 15) is 19.2 Å². The van der Waals surface area contributed by atoms with E-state index in [1.807, 2.05) is 73.7 Å². The number of rotatable bonds is 11. The summed E-state index contributed by atoms with van der Waals surface area (Å²) in [7, 11) is 3.28. The maximum atomic E-state index is 15.6. The Morgan fingerprint density at radius 1 is 0.932 bits per heavy atom. The minimum Gasteiger partial charge on any atom is -0.482 e. The van der Waals surface area contributed by atoms with Gasteiger partial charge in [0.2, 0.25) is 5.91 Å². The summed E-state index contributed by atoms with van der Waals surface area (Å²) in [4.78, 5) is 74.0. The standard InChI is InChI=1S/C47H58N2O10/c1-27(2)12-11-17-45(8)18-16-32-39(57-45)31(14-13-28(3)4)41-37(40(32)56-36(51)26-35(50)49-22-20-48(9)21-23-49)38(52)33-24-30-25-34-44(6,7)59-46(42(30)53,47(33,34)58-41)19-15-29(5)43(54)55-10/h12-13,15-16,18,24,30,34H,11,14,17,19-23,25-26H2,1-10H3. The highest BCUT2D eigenvalue weighted by atomic mass is 16.6. The number of esters is 2. The average molecular weight is 811 g/mol. The highest BCUT2D eigenvalue weighted by Gasteiger charge is 2.81. The van der Waals surface area contributed by atoms with E-state index in [1.54, 1.807) is 24.0 Å². The second-order valence-corrected chi connectivity index (χ2v) is 18.3. The molecule has 1 aromatic rings. The fourth-order valence-electron chi connectivity index (χ4n) is 9.86. The summed E-state index contributed by atoms with van der Waals surface area (Å²) in [5.74, 6) is -3.00. The molecule has 1 aromatic carbocycles. The molecule has 0 aromatic heterocycles. The normalized spacial score (nSPS) is 28.7. The topological polar surface area (TPSA) is 138 Å². The molecule has 8 rings (SSSR count). The van der Waals surface area contributed by atoms with E-state index < -0.39 is 58.4 Å². The number of Topliss-reactive ketones (excluding diaryl/α,β-unsaturated/α-hetero) is 2. The lowest BCUT2D eigenvalue weighted by molar-refractivity contribution is -0.171. The van der Waals surface area contributed by atoms with Crippen LogP contribution in [0.3, 0.4) is 0 Å². The molecule has 7 aliphatic rings. The summed E-state index contributed by atoms with van der Waals surface area (Å²) in [6.07, 6.45) is 12.8. The average Bonchev–Trinajstić information content (AvgIpc) is 3.32. The number of ether oxygens (including phenoxy) is 5. The van der Waals surface area contributed by atoms with Gasteiger partial charge in [0.15, 0.2) is 28.5 Å². The number of piperazine rings is 1. The molecule has 3 fully saturated rings. The molecule has 4 aliphatic heterocycles. The van der Waals surface area contributed by atoms with Gasteiger partial charge in [0.1, 0.15) is 29.1 Å². The molecule has 316 valence electrons. The Bertz CT molecular complexity index is 2160. The third-order valence-corrected chi connectivity index (χ3v) is 13.0. The first kappa shape index (κ1) is 42.3. The van der Waals surface area contributed by atoms with Gasteiger partial charge < -0.3 is 33.5 Å². The number of ketones is 2. The summed E-state index contributed by atoms with van der Waals surface area (Å²) >= 11 is 0. The Balaban J connectivity index is 1.43. The largest absolute Gasteiger partial charge is 0.482 e. The molecular formula is C47H58N2O10. The number of fused-ring (bicyclic) bond motifs is 2. The zero-order chi connectivity index (χ0) is 42.8. The molecule has 4 bridgehead atoms. The zero-order valence-electron chi connectivity index (χ0n) is 36.2.